The second-order valence-corrected chi connectivity index (χ2v) is 12.4. The Bertz CT molecular complexity index is 2350. The minimum atomic E-state index is 0.281. The van der Waals surface area contributed by atoms with Gasteiger partial charge < -0.3 is 0 Å². The van der Waals surface area contributed by atoms with Crippen molar-refractivity contribution in [1.29, 1.82) is 0 Å². The van der Waals surface area contributed by atoms with E-state index in [2.05, 4.69) is 143 Å². The first-order valence-electron chi connectivity index (χ1n) is 13.3. The van der Waals surface area contributed by atoms with E-state index in [1.165, 1.54) is 74.3 Å². The summed E-state index contributed by atoms with van der Waals surface area (Å²) in [6.07, 6.45) is 0. The molecular formula is C36H22N2Se. The van der Waals surface area contributed by atoms with E-state index in [4.69, 9.17) is 0 Å². The Morgan fingerprint density at radius 2 is 0.923 bits per heavy atom. The summed E-state index contributed by atoms with van der Waals surface area (Å²) in [5.74, 6) is 0. The van der Waals surface area contributed by atoms with E-state index in [1.54, 1.807) is 0 Å². The molecule has 0 aliphatic rings. The van der Waals surface area contributed by atoms with E-state index in [1.807, 2.05) is 0 Å². The third kappa shape index (κ3) is 2.92. The van der Waals surface area contributed by atoms with Gasteiger partial charge >= 0.3 is 231 Å². The van der Waals surface area contributed by atoms with Crippen LogP contribution in [0.25, 0.3) is 74.3 Å². The van der Waals surface area contributed by atoms with Crippen LogP contribution in [0.3, 0.4) is 0 Å². The second-order valence-electron chi connectivity index (χ2n) is 10.2. The van der Waals surface area contributed by atoms with Gasteiger partial charge in [-0.25, -0.2) is 0 Å². The molecule has 0 aliphatic heterocycles. The van der Waals surface area contributed by atoms with Gasteiger partial charge in [0.2, 0.25) is 0 Å². The number of fused-ring (bicyclic) bond motifs is 9. The third-order valence-corrected chi connectivity index (χ3v) is 10.7. The van der Waals surface area contributed by atoms with Gasteiger partial charge in [-0.15, -0.1) is 0 Å². The zero-order valence-corrected chi connectivity index (χ0v) is 22.7. The zero-order chi connectivity index (χ0) is 25.5. The number of nitrogens with zero attached hydrogens (tertiary/aromatic N) is 2. The van der Waals surface area contributed by atoms with E-state index < -0.39 is 0 Å². The molecule has 0 saturated heterocycles. The first-order chi connectivity index (χ1) is 19.4. The van der Waals surface area contributed by atoms with Crippen molar-refractivity contribution in [3.63, 3.8) is 0 Å². The molecular weight excluding hydrogens is 539 g/mol. The molecule has 0 N–H and O–H groups in total. The number of benzene rings is 6. The van der Waals surface area contributed by atoms with Crippen LogP contribution in [-0.2, 0) is 0 Å². The molecule has 182 valence electrons. The molecule has 3 heterocycles. The van der Waals surface area contributed by atoms with Crippen LogP contribution in [0.4, 0.5) is 0 Å². The van der Waals surface area contributed by atoms with Crippen LogP contribution in [0.1, 0.15) is 0 Å². The maximum atomic E-state index is 2.49. The van der Waals surface area contributed by atoms with E-state index in [-0.39, 0.29) is 14.5 Å². The van der Waals surface area contributed by atoms with E-state index in [0.717, 1.165) is 0 Å². The quantitative estimate of drug-likeness (QED) is 0.186. The minimum absolute atomic E-state index is 0.281. The van der Waals surface area contributed by atoms with Crippen molar-refractivity contribution in [3.8, 4) is 11.4 Å². The summed E-state index contributed by atoms with van der Waals surface area (Å²) in [6, 6.07) is 49.0. The summed E-state index contributed by atoms with van der Waals surface area (Å²) in [6.45, 7) is 0. The molecule has 9 aromatic rings. The summed E-state index contributed by atoms with van der Waals surface area (Å²) in [7, 11) is 0. The van der Waals surface area contributed by atoms with Crippen molar-refractivity contribution >= 4 is 77.4 Å². The SMILES string of the molecule is c1ccc2c(c1)[se]c1c(-n3c4ccccc4c4cc(-n5c6ccccc6c6ccccc65)ccc43)cccc12. The number of hydrogen-bond acceptors (Lipinski definition) is 0. The molecule has 0 fully saturated rings. The molecule has 3 heteroatoms. The van der Waals surface area contributed by atoms with Gasteiger partial charge in [0.1, 0.15) is 0 Å². The van der Waals surface area contributed by atoms with Gasteiger partial charge in [-0.1, -0.05) is 0 Å². The van der Waals surface area contributed by atoms with Gasteiger partial charge in [-0.05, 0) is 0 Å². The Morgan fingerprint density at radius 3 is 1.64 bits per heavy atom. The van der Waals surface area contributed by atoms with E-state index in [9.17, 15) is 0 Å². The Hall–Kier alpha value is -4.56. The van der Waals surface area contributed by atoms with Gasteiger partial charge in [-0.2, -0.15) is 0 Å². The molecule has 3 aromatic heterocycles. The summed E-state index contributed by atoms with van der Waals surface area (Å²) < 4.78 is 7.85. The van der Waals surface area contributed by atoms with Crippen molar-refractivity contribution in [2.45, 2.75) is 0 Å². The molecule has 39 heavy (non-hydrogen) atoms. The maximum absolute atomic E-state index is 2.49. The van der Waals surface area contributed by atoms with Gasteiger partial charge in [0.05, 0.1) is 0 Å². The zero-order valence-electron chi connectivity index (χ0n) is 21.0. The van der Waals surface area contributed by atoms with Crippen LogP contribution in [0.15, 0.2) is 133 Å². The molecule has 0 aliphatic carbocycles. The normalized spacial score (nSPS) is 12.1. The van der Waals surface area contributed by atoms with Crippen LogP contribution in [0.5, 0.6) is 0 Å². The Kier molecular flexibility index (Phi) is 4.37. The number of para-hydroxylation sites is 3. The van der Waals surface area contributed by atoms with Gasteiger partial charge in [0, 0.05) is 0 Å². The Balaban J connectivity index is 1.38. The summed E-state index contributed by atoms with van der Waals surface area (Å²) in [5, 5.41) is 7.93. The first-order valence-corrected chi connectivity index (χ1v) is 15.0. The first kappa shape index (κ1) is 21.4. The van der Waals surface area contributed by atoms with Gasteiger partial charge in [-0.3, -0.25) is 0 Å². The number of aromatic nitrogens is 2. The van der Waals surface area contributed by atoms with Crippen molar-refractivity contribution in [2.24, 2.45) is 0 Å². The molecule has 0 bridgehead atoms. The average Bonchev–Trinajstić information content (AvgIpc) is 3.65. The summed E-state index contributed by atoms with van der Waals surface area (Å²) in [5.41, 5.74) is 7.48. The molecule has 0 spiro atoms. The molecule has 6 aromatic carbocycles. The van der Waals surface area contributed by atoms with Crippen LogP contribution in [0.2, 0.25) is 0 Å². The molecule has 0 amide bonds. The van der Waals surface area contributed by atoms with Gasteiger partial charge in [0.25, 0.3) is 0 Å². The molecule has 0 radical (unpaired) electrons. The van der Waals surface area contributed by atoms with Gasteiger partial charge in [0.15, 0.2) is 0 Å². The molecule has 0 saturated carbocycles. The summed E-state index contributed by atoms with van der Waals surface area (Å²) >= 11 is 0.281. The van der Waals surface area contributed by atoms with Crippen LogP contribution < -0.4 is 0 Å². The van der Waals surface area contributed by atoms with Crippen LogP contribution in [0, 0.1) is 0 Å². The van der Waals surface area contributed by atoms with Crippen LogP contribution >= 0.6 is 0 Å². The molecule has 2 nitrogen and oxygen atoms in total. The Labute approximate surface area is 230 Å². The number of hydrogen-bond donors (Lipinski definition) is 0. The van der Waals surface area contributed by atoms with E-state index >= 15 is 0 Å². The fraction of sp³-hybridized carbons (Fsp3) is 0. The standard InChI is InChI=1S/C36H22N2Se/c1-5-15-30-24(10-1)25-11-2-6-16-31(25)37(30)23-20-21-33-29(22-23)26-12-3-7-17-32(26)38(33)34-18-9-14-28-27-13-4-8-19-35(27)39-36(28)34/h1-22H. The summed E-state index contributed by atoms with van der Waals surface area (Å²) in [4.78, 5) is 0. The fourth-order valence-electron chi connectivity index (χ4n) is 6.47. The fourth-order valence-corrected chi connectivity index (χ4v) is 9.00. The molecule has 0 atom stereocenters. The third-order valence-electron chi connectivity index (χ3n) is 8.12. The molecule has 0 unspecified atom stereocenters. The number of rotatable bonds is 2. The Morgan fingerprint density at radius 1 is 0.385 bits per heavy atom. The van der Waals surface area contributed by atoms with Crippen molar-refractivity contribution in [3.05, 3.63) is 133 Å². The van der Waals surface area contributed by atoms with Crippen molar-refractivity contribution in [2.75, 3.05) is 0 Å². The van der Waals surface area contributed by atoms with E-state index in [0.29, 0.717) is 0 Å². The topological polar surface area (TPSA) is 9.86 Å². The average molecular weight is 562 g/mol. The predicted molar refractivity (Wildman–Crippen MR) is 167 cm³/mol. The van der Waals surface area contributed by atoms with Crippen LogP contribution in [-0.4, -0.2) is 23.6 Å². The second kappa shape index (κ2) is 7.97. The molecule has 9 rings (SSSR count). The van der Waals surface area contributed by atoms with Crippen molar-refractivity contribution < 1.29 is 0 Å². The predicted octanol–water partition coefficient (Wildman–Crippen LogP) is 9.24. The monoisotopic (exact) mass is 562 g/mol. The van der Waals surface area contributed by atoms with Crippen molar-refractivity contribution in [1.82, 2.24) is 9.13 Å².